The summed E-state index contributed by atoms with van der Waals surface area (Å²) in [6.07, 6.45) is 0. The Morgan fingerprint density at radius 1 is 0.203 bits per heavy atom. The molecule has 0 aliphatic rings. The first-order chi connectivity index (χ1) is 29.2. The molecule has 0 bridgehead atoms. The lowest BCUT2D eigenvalue weighted by molar-refractivity contribution is 1.18. The fourth-order valence-electron chi connectivity index (χ4n) is 9.88. The zero-order valence-corrected chi connectivity index (χ0v) is 32.0. The molecule has 0 saturated carbocycles. The third-order valence-corrected chi connectivity index (χ3v) is 12.5. The minimum absolute atomic E-state index is 1.16. The van der Waals surface area contributed by atoms with Gasteiger partial charge in [0.1, 0.15) is 0 Å². The van der Waals surface area contributed by atoms with Crippen LogP contribution in [-0.2, 0) is 0 Å². The summed E-state index contributed by atoms with van der Waals surface area (Å²) < 4.78 is 7.21. The Kier molecular flexibility index (Phi) is 6.72. The Morgan fingerprint density at radius 3 is 1.17 bits per heavy atom. The standard InChI is InChI=1S/C56H35N3/c1-3-13-42(14-4-1)57-51-20-10-7-17-45(51)48-32-37(24-27-54(48)57)38-25-28-55-49(33-38)46-18-8-12-22-53(46)59(55)44-26-23-36-29-40-34-50-47-19-9-11-21-52(47)58(43-15-5-2-6-16-43)56(50)35-41(40)30-39(36)31-44/h1-35H. The summed E-state index contributed by atoms with van der Waals surface area (Å²) in [7, 11) is 0. The largest absolute Gasteiger partial charge is 0.309 e. The number of nitrogens with zero attached hydrogens (tertiary/aromatic N) is 3. The number of fused-ring (bicyclic) bond motifs is 11. The van der Waals surface area contributed by atoms with E-state index in [1.54, 1.807) is 0 Å². The summed E-state index contributed by atoms with van der Waals surface area (Å²) in [5.74, 6) is 0. The fourth-order valence-corrected chi connectivity index (χ4v) is 9.88. The summed E-state index contributed by atoms with van der Waals surface area (Å²) in [6, 6.07) is 78.1. The van der Waals surface area contributed by atoms with Gasteiger partial charge < -0.3 is 13.7 Å². The van der Waals surface area contributed by atoms with E-state index in [9.17, 15) is 0 Å². The van der Waals surface area contributed by atoms with Crippen LogP contribution in [0.2, 0.25) is 0 Å². The Morgan fingerprint density at radius 2 is 0.610 bits per heavy atom. The van der Waals surface area contributed by atoms with E-state index in [0.29, 0.717) is 0 Å². The molecule has 13 rings (SSSR count). The van der Waals surface area contributed by atoms with Crippen LogP contribution in [0.5, 0.6) is 0 Å². The molecule has 13 aromatic rings. The molecule has 0 unspecified atom stereocenters. The second kappa shape index (κ2) is 12.3. The summed E-state index contributed by atoms with van der Waals surface area (Å²) in [5, 5.41) is 12.5. The first-order valence-corrected chi connectivity index (χ1v) is 20.3. The minimum Gasteiger partial charge on any atom is -0.309 e. The molecule has 0 N–H and O–H groups in total. The van der Waals surface area contributed by atoms with Crippen molar-refractivity contribution in [2.45, 2.75) is 0 Å². The summed E-state index contributed by atoms with van der Waals surface area (Å²) >= 11 is 0. The summed E-state index contributed by atoms with van der Waals surface area (Å²) in [5.41, 5.74) is 13.2. The third kappa shape index (κ3) is 4.76. The average molecular weight is 750 g/mol. The molecule has 0 atom stereocenters. The molecule has 10 aromatic carbocycles. The molecular formula is C56H35N3. The lowest BCUT2D eigenvalue weighted by Gasteiger charge is -2.11. The highest BCUT2D eigenvalue weighted by Gasteiger charge is 2.18. The van der Waals surface area contributed by atoms with Crippen molar-refractivity contribution in [1.29, 1.82) is 0 Å². The molecule has 0 aliphatic heterocycles. The third-order valence-electron chi connectivity index (χ3n) is 12.5. The molecule has 3 heteroatoms. The van der Waals surface area contributed by atoms with Crippen LogP contribution < -0.4 is 0 Å². The molecule has 0 radical (unpaired) electrons. The highest BCUT2D eigenvalue weighted by molar-refractivity contribution is 6.16. The van der Waals surface area contributed by atoms with Crippen LogP contribution in [-0.4, -0.2) is 13.7 Å². The van der Waals surface area contributed by atoms with Gasteiger partial charge in [0.15, 0.2) is 0 Å². The molecule has 59 heavy (non-hydrogen) atoms. The molecule has 0 fully saturated rings. The van der Waals surface area contributed by atoms with E-state index in [-0.39, 0.29) is 0 Å². The van der Waals surface area contributed by atoms with Crippen molar-refractivity contribution in [3.05, 3.63) is 212 Å². The Balaban J connectivity index is 0.964. The number of hydrogen-bond donors (Lipinski definition) is 0. The fraction of sp³-hybridized carbons (Fsp3) is 0. The lowest BCUT2D eigenvalue weighted by atomic mass is 10.0. The van der Waals surface area contributed by atoms with Gasteiger partial charge in [-0.1, -0.05) is 109 Å². The van der Waals surface area contributed by atoms with Crippen molar-refractivity contribution < 1.29 is 0 Å². The van der Waals surface area contributed by atoms with E-state index in [1.807, 2.05) is 0 Å². The predicted octanol–water partition coefficient (Wildman–Crippen LogP) is 15.0. The zero-order chi connectivity index (χ0) is 38.6. The number of benzene rings is 10. The van der Waals surface area contributed by atoms with E-state index in [1.165, 1.54) is 109 Å². The van der Waals surface area contributed by atoms with Crippen LogP contribution in [0.3, 0.4) is 0 Å². The smallest absolute Gasteiger partial charge is 0.0547 e. The van der Waals surface area contributed by atoms with Crippen LogP contribution in [0.25, 0.3) is 115 Å². The second-order valence-corrected chi connectivity index (χ2v) is 15.8. The molecular weight excluding hydrogens is 715 g/mol. The van der Waals surface area contributed by atoms with E-state index in [4.69, 9.17) is 0 Å². The number of rotatable bonds is 4. The van der Waals surface area contributed by atoms with Gasteiger partial charge in [0, 0.05) is 49.4 Å². The van der Waals surface area contributed by atoms with E-state index in [0.717, 1.165) is 5.69 Å². The molecule has 0 aliphatic carbocycles. The van der Waals surface area contributed by atoms with Crippen molar-refractivity contribution in [2.24, 2.45) is 0 Å². The average Bonchev–Trinajstić information content (AvgIpc) is 3.93. The van der Waals surface area contributed by atoms with E-state index in [2.05, 4.69) is 226 Å². The highest BCUT2D eigenvalue weighted by Crippen LogP contribution is 2.40. The summed E-state index contributed by atoms with van der Waals surface area (Å²) in [4.78, 5) is 0. The van der Waals surface area contributed by atoms with Gasteiger partial charge in [0.2, 0.25) is 0 Å². The molecule has 3 nitrogen and oxygen atoms in total. The quantitative estimate of drug-likeness (QED) is 0.159. The van der Waals surface area contributed by atoms with Crippen molar-refractivity contribution in [3.63, 3.8) is 0 Å². The van der Waals surface area contributed by atoms with Gasteiger partial charge in [-0.3, -0.25) is 0 Å². The van der Waals surface area contributed by atoms with Gasteiger partial charge in [0.25, 0.3) is 0 Å². The zero-order valence-electron chi connectivity index (χ0n) is 32.0. The maximum Gasteiger partial charge on any atom is 0.0547 e. The number of para-hydroxylation sites is 5. The monoisotopic (exact) mass is 749 g/mol. The molecule has 0 saturated heterocycles. The van der Waals surface area contributed by atoms with E-state index >= 15 is 0 Å². The molecule has 3 aromatic heterocycles. The molecule has 3 heterocycles. The first-order valence-electron chi connectivity index (χ1n) is 20.3. The normalized spacial score (nSPS) is 12.1. The molecule has 0 spiro atoms. The van der Waals surface area contributed by atoms with Gasteiger partial charge in [-0.2, -0.15) is 0 Å². The van der Waals surface area contributed by atoms with Gasteiger partial charge in [-0.05, 0) is 136 Å². The van der Waals surface area contributed by atoms with Crippen LogP contribution in [0.15, 0.2) is 212 Å². The van der Waals surface area contributed by atoms with Gasteiger partial charge in [-0.25, -0.2) is 0 Å². The predicted molar refractivity (Wildman–Crippen MR) is 250 cm³/mol. The SMILES string of the molecule is c1ccc(-n2c3ccccc3c3cc(-c4ccc5c(c4)c4ccccc4n5-c4ccc5cc6cc7c8ccccc8n(-c8ccccc8)c7cc6cc5c4)ccc32)cc1. The van der Waals surface area contributed by atoms with Crippen molar-refractivity contribution in [2.75, 3.05) is 0 Å². The van der Waals surface area contributed by atoms with Crippen LogP contribution in [0, 0.1) is 0 Å². The molecule has 0 amide bonds. The number of aromatic nitrogens is 3. The van der Waals surface area contributed by atoms with Crippen LogP contribution in [0.1, 0.15) is 0 Å². The first kappa shape index (κ1) is 32.2. The van der Waals surface area contributed by atoms with Gasteiger partial charge in [0.05, 0.1) is 33.1 Å². The second-order valence-electron chi connectivity index (χ2n) is 15.8. The van der Waals surface area contributed by atoms with E-state index < -0.39 is 0 Å². The Labute approximate surface area is 339 Å². The highest BCUT2D eigenvalue weighted by atomic mass is 15.0. The summed E-state index contributed by atoms with van der Waals surface area (Å²) in [6.45, 7) is 0. The number of hydrogen-bond acceptors (Lipinski definition) is 0. The van der Waals surface area contributed by atoms with Crippen molar-refractivity contribution >= 4 is 87.0 Å². The van der Waals surface area contributed by atoms with Crippen molar-refractivity contribution in [1.82, 2.24) is 13.7 Å². The lowest BCUT2D eigenvalue weighted by Crippen LogP contribution is -1.94. The van der Waals surface area contributed by atoms with Gasteiger partial charge in [-0.15, -0.1) is 0 Å². The van der Waals surface area contributed by atoms with Crippen LogP contribution in [0.4, 0.5) is 0 Å². The maximum absolute atomic E-state index is 2.44. The van der Waals surface area contributed by atoms with Crippen LogP contribution >= 0.6 is 0 Å². The maximum atomic E-state index is 2.44. The Bertz CT molecular complexity index is 3830. The Hall–Kier alpha value is -7.88. The topological polar surface area (TPSA) is 14.8 Å². The van der Waals surface area contributed by atoms with Gasteiger partial charge >= 0.3 is 0 Å². The van der Waals surface area contributed by atoms with Crippen molar-refractivity contribution in [3.8, 4) is 28.2 Å². The molecule has 274 valence electrons. The minimum atomic E-state index is 1.16.